The summed E-state index contributed by atoms with van der Waals surface area (Å²) in [6.07, 6.45) is 52.0. The number of rotatable bonds is 40. The molecule has 5 heteroatoms. The van der Waals surface area contributed by atoms with Gasteiger partial charge >= 0.3 is 0 Å². The van der Waals surface area contributed by atoms with Gasteiger partial charge in [0.05, 0.1) is 0 Å². The Kier molecular flexibility index (Phi) is 36.6. The Hall–Kier alpha value is -1.62. The molecule has 0 spiro atoms. The lowest BCUT2D eigenvalue weighted by molar-refractivity contribution is -0.141. The Balaban J connectivity index is 2.42. The molecule has 0 aromatic rings. The molecule has 2 atom stereocenters. The van der Waals surface area contributed by atoms with Crippen LogP contribution < -0.4 is 5.32 Å². The van der Waals surface area contributed by atoms with E-state index in [1.54, 1.807) is 0 Å². The molecule has 2 unspecified atom stereocenters. The van der Waals surface area contributed by atoms with Crippen LogP contribution in [0.15, 0.2) is 24.3 Å². The maximum absolute atomic E-state index is 13.9. The second kappa shape index (κ2) is 39.2. The molecule has 322 valence electrons. The van der Waals surface area contributed by atoms with E-state index in [1.165, 1.54) is 154 Å². The third-order valence-corrected chi connectivity index (χ3v) is 12.1. The van der Waals surface area contributed by atoms with Crippen molar-refractivity contribution in [2.45, 2.75) is 258 Å². The molecule has 0 saturated carbocycles. The lowest BCUT2D eigenvalue weighted by Crippen LogP contribution is -2.51. The molecule has 0 aromatic heterocycles. The Morgan fingerprint density at radius 1 is 0.618 bits per heavy atom. The summed E-state index contributed by atoms with van der Waals surface area (Å²) >= 11 is 0. The van der Waals surface area contributed by atoms with Crippen molar-refractivity contribution in [3.05, 3.63) is 24.3 Å². The summed E-state index contributed by atoms with van der Waals surface area (Å²) in [5.74, 6) is 0.288. The summed E-state index contributed by atoms with van der Waals surface area (Å²) in [6, 6.07) is 0.195. The van der Waals surface area contributed by atoms with Gasteiger partial charge < -0.3 is 15.1 Å². The van der Waals surface area contributed by atoms with E-state index in [4.69, 9.17) is 0 Å². The van der Waals surface area contributed by atoms with E-state index in [2.05, 4.69) is 62.3 Å². The Morgan fingerprint density at radius 3 is 1.64 bits per heavy atom. The number of amides is 2. The first-order valence-electron chi connectivity index (χ1n) is 24.6. The van der Waals surface area contributed by atoms with Crippen molar-refractivity contribution in [1.29, 1.82) is 0 Å². The van der Waals surface area contributed by atoms with Crippen molar-refractivity contribution in [2.24, 2.45) is 0 Å². The van der Waals surface area contributed by atoms with Crippen LogP contribution in [0.3, 0.4) is 0 Å². The van der Waals surface area contributed by atoms with Crippen molar-refractivity contribution >= 4 is 11.8 Å². The Bertz CT molecular complexity index is 917. The predicted molar refractivity (Wildman–Crippen MR) is 242 cm³/mol. The van der Waals surface area contributed by atoms with Crippen molar-refractivity contribution in [3.63, 3.8) is 0 Å². The summed E-state index contributed by atoms with van der Waals surface area (Å²) in [5.41, 5.74) is 0. The first-order valence-corrected chi connectivity index (χ1v) is 24.6. The number of nitrogens with one attached hydrogen (secondary N) is 1. The molecule has 0 bridgehead atoms. The fourth-order valence-corrected chi connectivity index (χ4v) is 8.34. The quantitative estimate of drug-likeness (QED) is 0.0499. The molecule has 0 aromatic carbocycles. The summed E-state index contributed by atoms with van der Waals surface area (Å²) < 4.78 is 0. The molecule has 0 aliphatic carbocycles. The number of unbranched alkanes of at least 4 members (excludes halogenated alkanes) is 25. The molecule has 1 fully saturated rings. The summed E-state index contributed by atoms with van der Waals surface area (Å²) in [7, 11) is 2.22. The molecule has 1 heterocycles. The number of hydrogen-bond acceptors (Lipinski definition) is 3. The monoisotopic (exact) mass is 770 g/mol. The number of carbonyl (C=O) groups is 2. The summed E-state index contributed by atoms with van der Waals surface area (Å²) in [6.45, 7) is 9.35. The highest BCUT2D eigenvalue weighted by atomic mass is 16.2. The lowest BCUT2D eigenvalue weighted by Gasteiger charge is -2.33. The van der Waals surface area contributed by atoms with Gasteiger partial charge in [-0.1, -0.05) is 193 Å². The number of nitrogens with zero attached hydrogens (tertiary/aromatic N) is 2. The van der Waals surface area contributed by atoms with Gasteiger partial charge in [0.2, 0.25) is 11.8 Å². The zero-order chi connectivity index (χ0) is 39.9. The minimum absolute atomic E-state index is 0.0882. The van der Waals surface area contributed by atoms with Crippen molar-refractivity contribution in [1.82, 2.24) is 15.1 Å². The third kappa shape index (κ3) is 30.2. The van der Waals surface area contributed by atoms with Gasteiger partial charge in [-0.25, -0.2) is 0 Å². The molecule has 0 radical (unpaired) electrons. The SMILES string of the molecule is CCCCC/C=C\C/C=C\CCCCCCCC(=O)N(CCC1CCCN1C)C(CCCCC)C(=O)NCCCCCCCCCCCCCCCCCC. The van der Waals surface area contributed by atoms with Gasteiger partial charge in [-0.15, -0.1) is 0 Å². The first kappa shape index (κ1) is 51.4. The van der Waals surface area contributed by atoms with Crippen LogP contribution in [0.4, 0.5) is 0 Å². The van der Waals surface area contributed by atoms with E-state index >= 15 is 0 Å². The van der Waals surface area contributed by atoms with Crippen LogP contribution in [-0.2, 0) is 9.59 Å². The highest BCUT2D eigenvalue weighted by molar-refractivity contribution is 5.87. The van der Waals surface area contributed by atoms with Gasteiger partial charge in [0.15, 0.2) is 0 Å². The highest BCUT2D eigenvalue weighted by Crippen LogP contribution is 2.22. The maximum Gasteiger partial charge on any atom is 0.242 e. The summed E-state index contributed by atoms with van der Waals surface area (Å²) in [4.78, 5) is 32.2. The number of likely N-dealkylation sites (tertiary alicyclic amines) is 1. The van der Waals surface area contributed by atoms with E-state index in [9.17, 15) is 9.59 Å². The molecular weight excluding hydrogens is 675 g/mol. The third-order valence-electron chi connectivity index (χ3n) is 12.1. The second-order valence-electron chi connectivity index (χ2n) is 17.2. The molecule has 55 heavy (non-hydrogen) atoms. The highest BCUT2D eigenvalue weighted by Gasteiger charge is 2.30. The lowest BCUT2D eigenvalue weighted by atomic mass is 10.0. The minimum atomic E-state index is -0.329. The molecule has 1 aliphatic rings. The van der Waals surface area contributed by atoms with Gasteiger partial charge in [0, 0.05) is 25.6 Å². The smallest absolute Gasteiger partial charge is 0.242 e. The van der Waals surface area contributed by atoms with E-state index in [0.29, 0.717) is 19.0 Å². The van der Waals surface area contributed by atoms with Gasteiger partial charge in [0.1, 0.15) is 6.04 Å². The molecule has 1 N–H and O–H groups in total. The van der Waals surface area contributed by atoms with Crippen LogP contribution in [0.2, 0.25) is 0 Å². The number of allylic oxidation sites excluding steroid dienone is 4. The first-order chi connectivity index (χ1) is 27.0. The second-order valence-corrected chi connectivity index (χ2v) is 17.2. The summed E-state index contributed by atoms with van der Waals surface area (Å²) in [5, 5.41) is 3.30. The largest absolute Gasteiger partial charge is 0.354 e. The van der Waals surface area contributed by atoms with Crippen molar-refractivity contribution in [2.75, 3.05) is 26.7 Å². The van der Waals surface area contributed by atoms with E-state index in [1.807, 2.05) is 4.90 Å². The maximum atomic E-state index is 13.9. The van der Waals surface area contributed by atoms with E-state index in [0.717, 1.165) is 77.3 Å². The fraction of sp³-hybridized carbons (Fsp3) is 0.880. The normalized spacial score (nSPS) is 15.5. The van der Waals surface area contributed by atoms with Gasteiger partial charge in [-0.2, -0.15) is 0 Å². The molecule has 1 saturated heterocycles. The fourth-order valence-electron chi connectivity index (χ4n) is 8.34. The zero-order valence-corrected chi connectivity index (χ0v) is 37.5. The minimum Gasteiger partial charge on any atom is -0.354 e. The average Bonchev–Trinajstić information content (AvgIpc) is 3.60. The molecule has 1 aliphatic heterocycles. The molecule has 2 amide bonds. The van der Waals surface area contributed by atoms with Crippen LogP contribution in [0.1, 0.15) is 245 Å². The zero-order valence-electron chi connectivity index (χ0n) is 37.5. The number of hydrogen-bond donors (Lipinski definition) is 1. The average molecular weight is 770 g/mol. The topological polar surface area (TPSA) is 52.7 Å². The number of carbonyl (C=O) groups excluding carboxylic acids is 2. The molecule has 5 nitrogen and oxygen atoms in total. The van der Waals surface area contributed by atoms with Crippen LogP contribution in [0.25, 0.3) is 0 Å². The van der Waals surface area contributed by atoms with Crippen LogP contribution in [0.5, 0.6) is 0 Å². The molecular formula is C50H95N3O2. The predicted octanol–water partition coefficient (Wildman–Crippen LogP) is 14.4. The van der Waals surface area contributed by atoms with Gasteiger partial charge in [-0.05, 0) is 84.2 Å². The van der Waals surface area contributed by atoms with E-state index in [-0.39, 0.29) is 17.9 Å². The van der Waals surface area contributed by atoms with Crippen molar-refractivity contribution < 1.29 is 9.59 Å². The van der Waals surface area contributed by atoms with Gasteiger partial charge in [-0.3, -0.25) is 9.59 Å². The molecule has 1 rings (SSSR count). The van der Waals surface area contributed by atoms with Crippen LogP contribution >= 0.6 is 0 Å². The van der Waals surface area contributed by atoms with E-state index < -0.39 is 0 Å². The van der Waals surface area contributed by atoms with Crippen molar-refractivity contribution in [3.8, 4) is 0 Å². The van der Waals surface area contributed by atoms with Crippen LogP contribution in [-0.4, -0.2) is 60.4 Å². The Morgan fingerprint density at radius 2 is 1.09 bits per heavy atom. The van der Waals surface area contributed by atoms with Gasteiger partial charge in [0.25, 0.3) is 0 Å². The van der Waals surface area contributed by atoms with Crippen LogP contribution in [0, 0.1) is 0 Å². The Labute approximate surface area is 344 Å². The standard InChI is InChI=1S/C50H95N3O2/c1-5-8-11-13-15-17-19-21-23-25-27-29-31-33-35-38-44-51-50(55)48(41-36-10-7-3)53(46-43-47-40-39-45-52(47)4)49(54)42-37-34-32-30-28-26-24-22-20-18-16-14-12-9-6-2/h16,18,22,24,47-48H,5-15,17,19-21,23,25-46H2,1-4H3,(H,51,55)/b18-16-,24-22-.